The van der Waals surface area contributed by atoms with Crippen LogP contribution in [0.1, 0.15) is 54.4 Å². The third kappa shape index (κ3) is 5.30. The van der Waals surface area contributed by atoms with Crippen LogP contribution in [0.2, 0.25) is 0 Å². The molecular weight excluding hydrogens is 158 g/mol. The molecule has 0 aromatic heterocycles. The van der Waals surface area contributed by atoms with E-state index < -0.39 is 0 Å². The monoisotopic (exact) mass is 184 g/mol. The Morgan fingerprint density at radius 3 is 1.85 bits per heavy atom. The lowest BCUT2D eigenvalue weighted by molar-refractivity contribution is 0.174. The van der Waals surface area contributed by atoms with Gasteiger partial charge in [0.15, 0.2) is 0 Å². The fraction of sp³-hybridized carbons (Fsp3) is 0.917. The van der Waals surface area contributed by atoms with Crippen molar-refractivity contribution in [3.63, 3.8) is 0 Å². The smallest absolute Gasteiger partial charge is 0.00412 e. The normalized spacial score (nSPS) is 12.5. The average Bonchev–Trinajstić information content (AvgIpc) is 2.03. The van der Waals surface area contributed by atoms with Crippen molar-refractivity contribution in [2.24, 2.45) is 0 Å². The van der Waals surface area contributed by atoms with Gasteiger partial charge in [-0.25, -0.2) is 0 Å². The van der Waals surface area contributed by atoms with E-state index in [0.29, 0.717) is 12.1 Å². The molecule has 0 aliphatic heterocycles. The van der Waals surface area contributed by atoms with Crippen molar-refractivity contribution in [1.29, 1.82) is 0 Å². The Labute approximate surface area is 84.5 Å². The fourth-order valence-corrected chi connectivity index (χ4v) is 1.61. The van der Waals surface area contributed by atoms with Gasteiger partial charge in [0.1, 0.15) is 0 Å². The summed E-state index contributed by atoms with van der Waals surface area (Å²) in [6.45, 7) is 14.8. The van der Waals surface area contributed by atoms with E-state index in [1.165, 1.54) is 19.4 Å². The molecule has 0 saturated heterocycles. The van der Waals surface area contributed by atoms with Crippen LogP contribution in [0.3, 0.4) is 0 Å². The van der Waals surface area contributed by atoms with Crippen LogP contribution in [-0.4, -0.2) is 23.5 Å². The maximum absolute atomic E-state index is 2.55. The Kier molecular flexibility index (Phi) is 6.40. The second-order valence-corrected chi connectivity index (χ2v) is 4.49. The molecule has 1 radical (unpaired) electrons. The minimum Gasteiger partial charge on any atom is -0.299 e. The van der Waals surface area contributed by atoms with Gasteiger partial charge in [-0.3, -0.25) is 4.90 Å². The largest absolute Gasteiger partial charge is 0.299 e. The van der Waals surface area contributed by atoms with Crippen LogP contribution in [0, 0.1) is 5.92 Å². The molecule has 13 heavy (non-hydrogen) atoms. The molecule has 0 rings (SSSR count). The highest BCUT2D eigenvalue weighted by Crippen LogP contribution is 2.13. The fourth-order valence-electron chi connectivity index (χ4n) is 1.61. The quantitative estimate of drug-likeness (QED) is 0.610. The van der Waals surface area contributed by atoms with Crippen LogP contribution in [0.4, 0.5) is 0 Å². The zero-order valence-corrected chi connectivity index (χ0v) is 10.2. The molecule has 0 spiro atoms. The summed E-state index contributed by atoms with van der Waals surface area (Å²) < 4.78 is 0. The summed E-state index contributed by atoms with van der Waals surface area (Å²) in [5.74, 6) is 1.62. The van der Waals surface area contributed by atoms with Crippen molar-refractivity contribution in [3.8, 4) is 0 Å². The maximum Gasteiger partial charge on any atom is 0.00412 e. The Morgan fingerprint density at radius 1 is 1.08 bits per heavy atom. The molecule has 0 fully saturated rings. The molecule has 0 unspecified atom stereocenters. The van der Waals surface area contributed by atoms with Gasteiger partial charge in [-0.05, 0) is 46.6 Å². The van der Waals surface area contributed by atoms with Crippen molar-refractivity contribution in [3.05, 3.63) is 5.92 Å². The second kappa shape index (κ2) is 6.42. The van der Waals surface area contributed by atoms with Gasteiger partial charge >= 0.3 is 0 Å². The minimum absolute atomic E-state index is 0.671. The lowest BCUT2D eigenvalue weighted by Gasteiger charge is -2.31. The summed E-state index contributed by atoms with van der Waals surface area (Å²) in [5.41, 5.74) is 0. The van der Waals surface area contributed by atoms with Gasteiger partial charge < -0.3 is 0 Å². The van der Waals surface area contributed by atoms with Gasteiger partial charge in [-0.15, -0.1) is 0 Å². The third-order valence-electron chi connectivity index (χ3n) is 2.73. The van der Waals surface area contributed by atoms with E-state index in [4.69, 9.17) is 0 Å². The minimum atomic E-state index is 0.671. The summed E-state index contributed by atoms with van der Waals surface area (Å²) in [6, 6.07) is 1.34. The van der Waals surface area contributed by atoms with Crippen LogP contribution in [0.25, 0.3) is 0 Å². The van der Waals surface area contributed by atoms with Crippen molar-refractivity contribution in [2.75, 3.05) is 6.54 Å². The van der Waals surface area contributed by atoms with Gasteiger partial charge in [0.2, 0.25) is 0 Å². The molecule has 0 bridgehead atoms. The summed E-state index contributed by atoms with van der Waals surface area (Å²) in [7, 11) is 0. The Hall–Kier alpha value is -0.0400. The zero-order chi connectivity index (χ0) is 10.4. The van der Waals surface area contributed by atoms with E-state index >= 15 is 0 Å². The predicted octanol–water partition coefficient (Wildman–Crippen LogP) is 3.50. The first-order valence-corrected chi connectivity index (χ1v) is 5.56. The molecule has 0 heterocycles. The topological polar surface area (TPSA) is 3.24 Å². The zero-order valence-electron chi connectivity index (χ0n) is 10.2. The van der Waals surface area contributed by atoms with Gasteiger partial charge in [-0.1, -0.05) is 20.3 Å². The van der Waals surface area contributed by atoms with Crippen molar-refractivity contribution in [1.82, 2.24) is 4.90 Å². The first kappa shape index (κ1) is 13.0. The van der Waals surface area contributed by atoms with Crippen molar-refractivity contribution in [2.45, 2.75) is 66.5 Å². The Bertz CT molecular complexity index is 110. The van der Waals surface area contributed by atoms with Crippen LogP contribution in [0.5, 0.6) is 0 Å². The molecule has 0 saturated carbocycles. The molecular formula is C12H26N. The van der Waals surface area contributed by atoms with Gasteiger partial charge in [-0.2, -0.15) is 0 Å². The van der Waals surface area contributed by atoms with Crippen molar-refractivity contribution >= 4 is 0 Å². The highest BCUT2D eigenvalue weighted by Gasteiger charge is 2.13. The molecule has 1 heteroatoms. The molecule has 79 valence electrons. The number of hydrogen-bond acceptors (Lipinski definition) is 1. The van der Waals surface area contributed by atoms with E-state index in [0.717, 1.165) is 0 Å². The number of hydrogen-bond donors (Lipinski definition) is 0. The molecule has 0 aromatic rings. The van der Waals surface area contributed by atoms with Gasteiger partial charge in [0.25, 0.3) is 0 Å². The first-order valence-electron chi connectivity index (χ1n) is 5.56. The molecule has 0 aliphatic rings. The molecule has 0 aliphatic carbocycles. The van der Waals surface area contributed by atoms with E-state index in [-0.39, 0.29) is 0 Å². The van der Waals surface area contributed by atoms with E-state index in [9.17, 15) is 0 Å². The van der Waals surface area contributed by atoms with E-state index in [1.807, 2.05) is 0 Å². The lowest BCUT2D eigenvalue weighted by atomic mass is 10.0. The SMILES string of the molecule is CC[C](C)CCN(C(C)C)C(C)C. The lowest BCUT2D eigenvalue weighted by Crippen LogP contribution is -2.38. The molecule has 1 nitrogen and oxygen atoms in total. The van der Waals surface area contributed by atoms with E-state index in [2.05, 4.69) is 46.4 Å². The summed E-state index contributed by atoms with van der Waals surface area (Å²) in [5, 5.41) is 0. The maximum atomic E-state index is 2.55. The summed E-state index contributed by atoms with van der Waals surface area (Å²) in [6.07, 6.45) is 2.48. The summed E-state index contributed by atoms with van der Waals surface area (Å²) in [4.78, 5) is 2.55. The first-order chi connectivity index (χ1) is 5.99. The van der Waals surface area contributed by atoms with Crippen LogP contribution < -0.4 is 0 Å². The molecule has 0 atom stereocenters. The third-order valence-corrected chi connectivity index (χ3v) is 2.73. The molecule has 0 aromatic carbocycles. The highest BCUT2D eigenvalue weighted by molar-refractivity contribution is 4.84. The molecule has 0 N–H and O–H groups in total. The van der Waals surface area contributed by atoms with Crippen LogP contribution in [-0.2, 0) is 0 Å². The van der Waals surface area contributed by atoms with Crippen molar-refractivity contribution < 1.29 is 0 Å². The number of rotatable bonds is 6. The van der Waals surface area contributed by atoms with Crippen LogP contribution >= 0.6 is 0 Å². The van der Waals surface area contributed by atoms with Gasteiger partial charge in [0, 0.05) is 12.1 Å². The summed E-state index contributed by atoms with van der Waals surface area (Å²) >= 11 is 0. The second-order valence-electron chi connectivity index (χ2n) is 4.49. The standard InChI is InChI=1S/C12H26N/c1-7-12(6)8-9-13(10(2)3)11(4)5/h10-11H,7-9H2,1-6H3. The molecule has 0 amide bonds. The predicted molar refractivity (Wildman–Crippen MR) is 60.8 cm³/mol. The number of nitrogens with zero attached hydrogens (tertiary/aromatic N) is 1. The van der Waals surface area contributed by atoms with Crippen LogP contribution in [0.15, 0.2) is 0 Å². The Balaban J connectivity index is 3.83. The highest BCUT2D eigenvalue weighted by atomic mass is 15.2. The van der Waals surface area contributed by atoms with E-state index in [1.54, 1.807) is 5.92 Å². The van der Waals surface area contributed by atoms with Gasteiger partial charge in [0.05, 0.1) is 0 Å². The average molecular weight is 184 g/mol. The Morgan fingerprint density at radius 2 is 1.54 bits per heavy atom.